The lowest BCUT2D eigenvalue weighted by atomic mass is 10.0. The van der Waals surface area contributed by atoms with Gasteiger partial charge in [0.15, 0.2) is 0 Å². The normalized spacial score (nSPS) is 12.8. The van der Waals surface area contributed by atoms with Crippen molar-refractivity contribution in [1.82, 2.24) is 24.9 Å². The Kier molecular flexibility index (Phi) is 4.60. The fraction of sp³-hybridized carbons (Fsp3) is 0.600. The van der Waals surface area contributed by atoms with Crippen LogP contribution >= 0.6 is 0 Å². The van der Waals surface area contributed by atoms with Gasteiger partial charge in [0, 0.05) is 26.0 Å². The van der Waals surface area contributed by atoms with Crippen molar-refractivity contribution in [2.45, 2.75) is 39.7 Å². The Labute approximate surface area is 121 Å². The number of hydrogen-bond acceptors (Lipinski definition) is 3. The van der Waals surface area contributed by atoms with E-state index in [1.54, 1.807) is 0 Å². The van der Waals surface area contributed by atoms with Gasteiger partial charge in [-0.05, 0) is 44.9 Å². The number of aryl methyl sites for hydroxylation is 3. The highest BCUT2D eigenvalue weighted by Crippen LogP contribution is 2.21. The molecule has 2 aromatic rings. The third-order valence-electron chi connectivity index (χ3n) is 3.80. The van der Waals surface area contributed by atoms with E-state index in [-0.39, 0.29) is 6.04 Å². The summed E-state index contributed by atoms with van der Waals surface area (Å²) in [4.78, 5) is 0. The van der Waals surface area contributed by atoms with Crippen LogP contribution in [-0.2, 0) is 20.5 Å². The van der Waals surface area contributed by atoms with Crippen LogP contribution in [0.15, 0.2) is 12.3 Å². The van der Waals surface area contributed by atoms with Gasteiger partial charge in [0.1, 0.15) is 0 Å². The number of rotatable bonds is 6. The van der Waals surface area contributed by atoms with Crippen molar-refractivity contribution >= 4 is 0 Å². The molecule has 1 unspecified atom stereocenters. The molecule has 0 aliphatic carbocycles. The van der Waals surface area contributed by atoms with Crippen molar-refractivity contribution in [3.63, 3.8) is 0 Å². The summed E-state index contributed by atoms with van der Waals surface area (Å²) in [5.41, 5.74) is 4.78. The van der Waals surface area contributed by atoms with Crippen molar-refractivity contribution in [2.75, 3.05) is 6.54 Å². The summed E-state index contributed by atoms with van der Waals surface area (Å²) < 4.78 is 3.82. The van der Waals surface area contributed by atoms with Crippen LogP contribution in [0.4, 0.5) is 0 Å². The van der Waals surface area contributed by atoms with Gasteiger partial charge in [0.25, 0.3) is 0 Å². The van der Waals surface area contributed by atoms with E-state index in [9.17, 15) is 0 Å². The van der Waals surface area contributed by atoms with E-state index >= 15 is 0 Å². The van der Waals surface area contributed by atoms with E-state index in [2.05, 4.69) is 42.4 Å². The molecule has 0 fully saturated rings. The molecule has 0 aromatic carbocycles. The van der Waals surface area contributed by atoms with E-state index in [1.807, 2.05) is 29.7 Å². The smallest absolute Gasteiger partial charge is 0.0797 e. The molecule has 5 nitrogen and oxygen atoms in total. The van der Waals surface area contributed by atoms with Gasteiger partial charge in [0.05, 0.1) is 17.4 Å². The van der Waals surface area contributed by atoms with Crippen LogP contribution in [-0.4, -0.2) is 26.1 Å². The molecule has 2 aromatic heterocycles. The fourth-order valence-corrected chi connectivity index (χ4v) is 2.54. The van der Waals surface area contributed by atoms with Crippen LogP contribution in [0.25, 0.3) is 0 Å². The molecule has 2 heterocycles. The van der Waals surface area contributed by atoms with Gasteiger partial charge in [-0.3, -0.25) is 9.36 Å². The van der Waals surface area contributed by atoms with Gasteiger partial charge in [-0.1, -0.05) is 6.92 Å². The monoisotopic (exact) mass is 275 g/mol. The van der Waals surface area contributed by atoms with E-state index in [1.165, 1.54) is 11.3 Å². The third-order valence-corrected chi connectivity index (χ3v) is 3.80. The van der Waals surface area contributed by atoms with Crippen LogP contribution in [0.3, 0.4) is 0 Å². The SMILES string of the molecule is CCCNC(Cc1c(C)nn(C)c1C)c1ccn(C)n1. The molecular weight excluding hydrogens is 250 g/mol. The van der Waals surface area contributed by atoms with Crippen molar-refractivity contribution in [3.05, 3.63) is 34.9 Å². The molecule has 0 aliphatic rings. The first-order valence-corrected chi connectivity index (χ1v) is 7.25. The van der Waals surface area contributed by atoms with E-state index in [0.717, 1.165) is 30.8 Å². The minimum atomic E-state index is 0.248. The molecular formula is C15H25N5. The number of aromatic nitrogens is 4. The lowest BCUT2D eigenvalue weighted by molar-refractivity contribution is 0.509. The van der Waals surface area contributed by atoms with E-state index in [4.69, 9.17) is 0 Å². The van der Waals surface area contributed by atoms with Gasteiger partial charge < -0.3 is 5.32 Å². The summed E-state index contributed by atoms with van der Waals surface area (Å²) in [6, 6.07) is 2.34. The summed E-state index contributed by atoms with van der Waals surface area (Å²) in [6.45, 7) is 7.39. The first-order chi connectivity index (χ1) is 9.52. The molecule has 0 amide bonds. The molecule has 0 saturated carbocycles. The summed E-state index contributed by atoms with van der Waals surface area (Å²) in [5.74, 6) is 0. The first kappa shape index (κ1) is 14.8. The van der Waals surface area contributed by atoms with Gasteiger partial charge in [0.2, 0.25) is 0 Å². The van der Waals surface area contributed by atoms with Crippen LogP contribution < -0.4 is 5.32 Å². The fourth-order valence-electron chi connectivity index (χ4n) is 2.54. The number of hydrogen-bond donors (Lipinski definition) is 1. The van der Waals surface area contributed by atoms with Gasteiger partial charge in [-0.25, -0.2) is 0 Å². The molecule has 1 N–H and O–H groups in total. The molecule has 0 radical (unpaired) electrons. The molecule has 0 aliphatic heterocycles. The number of nitrogens with one attached hydrogen (secondary N) is 1. The molecule has 1 atom stereocenters. The van der Waals surface area contributed by atoms with Crippen LogP contribution in [0, 0.1) is 13.8 Å². The Morgan fingerprint density at radius 2 is 2.00 bits per heavy atom. The maximum atomic E-state index is 4.55. The first-order valence-electron chi connectivity index (χ1n) is 7.25. The van der Waals surface area contributed by atoms with E-state index < -0.39 is 0 Å². The Bertz CT molecular complexity index is 567. The highest BCUT2D eigenvalue weighted by atomic mass is 15.3. The average Bonchev–Trinajstić information content (AvgIpc) is 2.93. The van der Waals surface area contributed by atoms with Crippen molar-refractivity contribution < 1.29 is 0 Å². The second-order valence-electron chi connectivity index (χ2n) is 5.40. The Balaban J connectivity index is 2.23. The lowest BCUT2D eigenvalue weighted by Crippen LogP contribution is -2.25. The predicted octanol–water partition coefficient (Wildman–Crippen LogP) is 2.05. The molecule has 2 rings (SSSR count). The van der Waals surface area contributed by atoms with E-state index in [0.29, 0.717) is 0 Å². The summed E-state index contributed by atoms with van der Waals surface area (Å²) in [7, 11) is 3.96. The minimum absolute atomic E-state index is 0.248. The van der Waals surface area contributed by atoms with Gasteiger partial charge >= 0.3 is 0 Å². The van der Waals surface area contributed by atoms with Crippen molar-refractivity contribution in [3.8, 4) is 0 Å². The third kappa shape index (κ3) is 3.10. The summed E-state index contributed by atoms with van der Waals surface area (Å²) >= 11 is 0. The molecule has 0 spiro atoms. The zero-order chi connectivity index (χ0) is 14.7. The van der Waals surface area contributed by atoms with Gasteiger partial charge in [-0.2, -0.15) is 10.2 Å². The highest BCUT2D eigenvalue weighted by Gasteiger charge is 2.18. The molecule has 5 heteroatoms. The second kappa shape index (κ2) is 6.22. The zero-order valence-electron chi connectivity index (χ0n) is 13.1. The molecule has 0 bridgehead atoms. The van der Waals surface area contributed by atoms with Crippen molar-refractivity contribution in [1.29, 1.82) is 0 Å². The Morgan fingerprint density at radius 3 is 2.50 bits per heavy atom. The molecule has 20 heavy (non-hydrogen) atoms. The van der Waals surface area contributed by atoms with Crippen molar-refractivity contribution in [2.24, 2.45) is 14.1 Å². The predicted molar refractivity (Wildman–Crippen MR) is 80.6 cm³/mol. The molecule has 110 valence electrons. The average molecular weight is 275 g/mol. The van der Waals surface area contributed by atoms with Gasteiger partial charge in [-0.15, -0.1) is 0 Å². The van der Waals surface area contributed by atoms with Crippen LogP contribution in [0.5, 0.6) is 0 Å². The lowest BCUT2D eigenvalue weighted by Gasteiger charge is -2.17. The Hall–Kier alpha value is -1.62. The topological polar surface area (TPSA) is 47.7 Å². The largest absolute Gasteiger partial charge is 0.308 e. The standard InChI is InChI=1S/C15H25N5/c1-6-8-16-15(14-7-9-19(4)18-14)10-13-11(2)17-20(5)12(13)3/h7,9,15-16H,6,8,10H2,1-5H3. The maximum absolute atomic E-state index is 4.55. The maximum Gasteiger partial charge on any atom is 0.0797 e. The summed E-state index contributed by atoms with van der Waals surface area (Å²) in [5, 5.41) is 12.7. The van der Waals surface area contributed by atoms with Crippen LogP contribution in [0.1, 0.15) is 42.0 Å². The quantitative estimate of drug-likeness (QED) is 0.878. The Morgan fingerprint density at radius 1 is 1.25 bits per heavy atom. The second-order valence-corrected chi connectivity index (χ2v) is 5.40. The zero-order valence-corrected chi connectivity index (χ0v) is 13.1. The number of nitrogens with zero attached hydrogens (tertiary/aromatic N) is 4. The highest BCUT2D eigenvalue weighted by molar-refractivity contribution is 5.27. The van der Waals surface area contributed by atoms with Crippen LogP contribution in [0.2, 0.25) is 0 Å². The summed E-state index contributed by atoms with van der Waals surface area (Å²) in [6.07, 6.45) is 4.05. The molecule has 0 saturated heterocycles. The minimum Gasteiger partial charge on any atom is -0.308 e.